The van der Waals surface area contributed by atoms with Gasteiger partial charge in [-0.3, -0.25) is 4.79 Å². The van der Waals surface area contributed by atoms with Crippen molar-refractivity contribution in [3.05, 3.63) is 64.2 Å². The lowest BCUT2D eigenvalue weighted by Gasteiger charge is -2.15. The Morgan fingerprint density at radius 1 is 1.24 bits per heavy atom. The van der Waals surface area contributed by atoms with E-state index in [1.807, 2.05) is 6.92 Å². The lowest BCUT2D eigenvalue weighted by molar-refractivity contribution is -0.138. The molecule has 11 heteroatoms. The molecule has 1 atom stereocenters. The van der Waals surface area contributed by atoms with Gasteiger partial charge in [0.25, 0.3) is 0 Å². The van der Waals surface area contributed by atoms with Crippen molar-refractivity contribution in [2.24, 2.45) is 5.92 Å². The zero-order valence-corrected chi connectivity index (χ0v) is 22.3. The number of hydrogen-bond donors (Lipinski definition) is 1. The minimum Gasteiger partial charge on any atom is -0.492 e. The maximum absolute atomic E-state index is 14.8. The van der Waals surface area contributed by atoms with E-state index < -0.39 is 11.8 Å². The number of imidazole rings is 1. The largest absolute Gasteiger partial charge is 0.492 e. The van der Waals surface area contributed by atoms with Crippen molar-refractivity contribution in [2.75, 3.05) is 6.61 Å². The first kappa shape index (κ1) is 26.2. The van der Waals surface area contributed by atoms with Gasteiger partial charge < -0.3 is 19.1 Å². The fraction of sp³-hybridized carbons (Fsp3) is 0.333. The number of carboxylic acid groups (broad SMARTS) is 1. The topological polar surface area (TPSA) is 99.4 Å². The van der Waals surface area contributed by atoms with Crippen molar-refractivity contribution in [2.45, 2.75) is 45.3 Å². The van der Waals surface area contributed by atoms with Crippen LogP contribution in [0.3, 0.4) is 0 Å². The van der Waals surface area contributed by atoms with Crippen LogP contribution in [-0.2, 0) is 11.3 Å². The number of halogens is 3. The number of carboxylic acids is 1. The van der Waals surface area contributed by atoms with Gasteiger partial charge in [-0.1, -0.05) is 36.2 Å². The molecule has 0 aliphatic heterocycles. The standard InChI is InChI=1S/C27H25Cl2FN4O4/c1-15(10-21(35)36)13-37-20-5-3-4-18(22(20)29)24-33-23-25(31-14-32-26(23)38-27(2)8-9-27)34(24)12-16-11-17(28)6-7-19(16)30/h3-7,11,14-15H,8-10,12-13H2,1-2H3,(H,35,36). The van der Waals surface area contributed by atoms with Crippen molar-refractivity contribution in [3.8, 4) is 23.0 Å². The Hall–Kier alpha value is -3.43. The maximum Gasteiger partial charge on any atom is 0.303 e. The minimum atomic E-state index is -0.901. The summed E-state index contributed by atoms with van der Waals surface area (Å²) in [7, 11) is 0. The molecule has 2 aromatic heterocycles. The third-order valence-corrected chi connectivity index (χ3v) is 7.01. The molecule has 5 rings (SSSR count). The molecular formula is C27H25Cl2FN4O4. The van der Waals surface area contributed by atoms with Gasteiger partial charge >= 0.3 is 5.97 Å². The summed E-state index contributed by atoms with van der Waals surface area (Å²) in [5.41, 5.74) is 1.45. The molecule has 1 saturated carbocycles. The zero-order valence-electron chi connectivity index (χ0n) is 20.7. The molecule has 1 unspecified atom stereocenters. The first-order valence-corrected chi connectivity index (χ1v) is 12.9. The van der Waals surface area contributed by atoms with Gasteiger partial charge in [0.05, 0.1) is 24.6 Å². The normalized spacial score (nSPS) is 14.9. The fourth-order valence-corrected chi connectivity index (χ4v) is 4.54. The molecule has 38 heavy (non-hydrogen) atoms. The molecule has 0 spiro atoms. The van der Waals surface area contributed by atoms with E-state index in [1.165, 1.54) is 18.5 Å². The number of carbonyl (C=O) groups is 1. The van der Waals surface area contributed by atoms with Gasteiger partial charge in [-0.25, -0.2) is 14.4 Å². The van der Waals surface area contributed by atoms with E-state index in [0.29, 0.717) is 44.8 Å². The van der Waals surface area contributed by atoms with Gasteiger partial charge in [-0.15, -0.1) is 0 Å². The first-order valence-electron chi connectivity index (χ1n) is 12.1. The summed E-state index contributed by atoms with van der Waals surface area (Å²) < 4.78 is 28.5. The SMILES string of the molecule is CC(COc1cccc(-c2nc3c(OC4(C)CC4)ncnc3n2Cc2cc(Cl)ccc2F)c1Cl)CC(=O)O. The van der Waals surface area contributed by atoms with Crippen molar-refractivity contribution in [3.63, 3.8) is 0 Å². The van der Waals surface area contributed by atoms with Gasteiger partial charge in [0, 0.05) is 22.1 Å². The van der Waals surface area contributed by atoms with Crippen LogP contribution in [0.5, 0.6) is 11.6 Å². The van der Waals surface area contributed by atoms with Crippen LogP contribution in [0.25, 0.3) is 22.6 Å². The van der Waals surface area contributed by atoms with Gasteiger partial charge in [0.15, 0.2) is 11.2 Å². The van der Waals surface area contributed by atoms with Crippen LogP contribution in [0.2, 0.25) is 10.0 Å². The molecule has 0 radical (unpaired) electrons. The van der Waals surface area contributed by atoms with Crippen LogP contribution in [0.4, 0.5) is 4.39 Å². The quantitative estimate of drug-likeness (QED) is 0.240. The Bertz CT molecular complexity index is 1520. The second-order valence-electron chi connectivity index (χ2n) is 9.79. The molecule has 1 fully saturated rings. The molecule has 1 aliphatic rings. The highest BCUT2D eigenvalue weighted by Crippen LogP contribution is 2.42. The Morgan fingerprint density at radius 2 is 2.03 bits per heavy atom. The molecule has 8 nitrogen and oxygen atoms in total. The first-order chi connectivity index (χ1) is 18.1. The summed E-state index contributed by atoms with van der Waals surface area (Å²) in [5.74, 6) is -0.411. The second-order valence-corrected chi connectivity index (χ2v) is 10.6. The molecule has 4 aromatic rings. The van der Waals surface area contributed by atoms with Gasteiger partial charge in [0.2, 0.25) is 5.88 Å². The Morgan fingerprint density at radius 3 is 2.76 bits per heavy atom. The molecule has 0 amide bonds. The lowest BCUT2D eigenvalue weighted by Crippen LogP contribution is -2.13. The average Bonchev–Trinajstić information content (AvgIpc) is 3.48. The number of aliphatic carboxylic acids is 1. The second kappa shape index (κ2) is 10.4. The smallest absolute Gasteiger partial charge is 0.303 e. The zero-order chi connectivity index (χ0) is 27.0. The number of hydrogen-bond acceptors (Lipinski definition) is 6. The van der Waals surface area contributed by atoms with Crippen molar-refractivity contribution in [1.29, 1.82) is 0 Å². The molecule has 2 aromatic carbocycles. The van der Waals surface area contributed by atoms with Gasteiger partial charge in [-0.05, 0) is 50.1 Å². The maximum atomic E-state index is 14.8. The molecule has 1 N–H and O–H groups in total. The number of rotatable bonds is 10. The molecule has 2 heterocycles. The van der Waals surface area contributed by atoms with Crippen molar-refractivity contribution in [1.82, 2.24) is 19.5 Å². The van der Waals surface area contributed by atoms with Crippen LogP contribution in [0.1, 0.15) is 38.7 Å². The van der Waals surface area contributed by atoms with E-state index in [0.717, 1.165) is 12.8 Å². The van der Waals surface area contributed by atoms with E-state index >= 15 is 0 Å². The van der Waals surface area contributed by atoms with Crippen LogP contribution >= 0.6 is 23.2 Å². The van der Waals surface area contributed by atoms with Crippen LogP contribution in [0, 0.1) is 11.7 Å². The summed E-state index contributed by atoms with van der Waals surface area (Å²) in [4.78, 5) is 24.6. The Kier molecular flexibility index (Phi) is 7.15. The van der Waals surface area contributed by atoms with E-state index in [4.69, 9.17) is 42.8 Å². The molecule has 0 bridgehead atoms. The molecule has 1 aliphatic carbocycles. The minimum absolute atomic E-state index is 0.0291. The predicted octanol–water partition coefficient (Wildman–Crippen LogP) is 6.41. The van der Waals surface area contributed by atoms with E-state index in [9.17, 15) is 9.18 Å². The van der Waals surface area contributed by atoms with Crippen LogP contribution in [0.15, 0.2) is 42.7 Å². The van der Waals surface area contributed by atoms with Gasteiger partial charge in [-0.2, -0.15) is 4.98 Å². The number of fused-ring (bicyclic) bond motifs is 1. The van der Waals surface area contributed by atoms with E-state index in [1.54, 1.807) is 35.8 Å². The van der Waals surface area contributed by atoms with E-state index in [-0.39, 0.29) is 36.1 Å². The number of benzene rings is 2. The fourth-order valence-electron chi connectivity index (χ4n) is 4.08. The van der Waals surface area contributed by atoms with E-state index in [2.05, 4.69) is 9.97 Å². The lowest BCUT2D eigenvalue weighted by atomic mass is 10.1. The highest BCUT2D eigenvalue weighted by atomic mass is 35.5. The number of ether oxygens (including phenoxy) is 2. The van der Waals surface area contributed by atoms with Crippen molar-refractivity contribution >= 4 is 40.3 Å². The number of nitrogens with zero attached hydrogens (tertiary/aromatic N) is 4. The van der Waals surface area contributed by atoms with Crippen molar-refractivity contribution < 1.29 is 23.8 Å². The van der Waals surface area contributed by atoms with Gasteiger partial charge in [0.1, 0.15) is 29.3 Å². The van der Waals surface area contributed by atoms with Crippen LogP contribution < -0.4 is 9.47 Å². The summed E-state index contributed by atoms with van der Waals surface area (Å²) in [6.45, 7) is 4.03. The summed E-state index contributed by atoms with van der Waals surface area (Å²) in [5, 5.41) is 9.71. The Balaban J connectivity index is 1.60. The Labute approximate surface area is 228 Å². The van der Waals surface area contributed by atoms with Crippen LogP contribution in [-0.4, -0.2) is 42.8 Å². The predicted molar refractivity (Wildman–Crippen MR) is 141 cm³/mol. The highest BCUT2D eigenvalue weighted by Gasteiger charge is 2.41. The summed E-state index contributed by atoms with van der Waals surface area (Å²) in [6.07, 6.45) is 3.18. The summed E-state index contributed by atoms with van der Waals surface area (Å²) >= 11 is 13.0. The third-order valence-electron chi connectivity index (χ3n) is 6.38. The average molecular weight is 559 g/mol. The third kappa shape index (κ3) is 5.54. The number of aromatic nitrogens is 4. The summed E-state index contributed by atoms with van der Waals surface area (Å²) in [6, 6.07) is 9.59. The molecular weight excluding hydrogens is 534 g/mol. The monoisotopic (exact) mass is 558 g/mol. The molecule has 198 valence electrons. The molecule has 0 saturated heterocycles. The highest BCUT2D eigenvalue weighted by molar-refractivity contribution is 6.34.